The number of hydrazone groups is 1. The van der Waals surface area contributed by atoms with Crippen LogP contribution in [-0.4, -0.2) is 15.8 Å². The van der Waals surface area contributed by atoms with Gasteiger partial charge in [-0.2, -0.15) is 15.6 Å². The topological polar surface area (TPSA) is 105 Å². The largest absolute Gasteiger partial charge is 0.506 e. The number of nitriles is 2. The van der Waals surface area contributed by atoms with E-state index in [9.17, 15) is 5.11 Å². The van der Waals surface area contributed by atoms with Crippen molar-refractivity contribution in [3.63, 3.8) is 0 Å². The second kappa shape index (κ2) is 7.61. The number of phenolic OH excluding ortho intramolecular Hbond substituents is 1. The number of hydrogen-bond donors (Lipinski definition) is 2. The number of para-hydroxylation sites is 2. The Bertz CT molecular complexity index is 1090. The first kappa shape index (κ1) is 16.7. The molecule has 6 heteroatoms. The molecule has 1 heterocycles. The third-order valence-corrected chi connectivity index (χ3v) is 3.61. The summed E-state index contributed by atoms with van der Waals surface area (Å²) in [6, 6.07) is 19.7. The Morgan fingerprint density at radius 2 is 1.81 bits per heavy atom. The lowest BCUT2D eigenvalue weighted by atomic mass is 10.1. The fraction of sp³-hybridized carbons (Fsp3) is 0. The van der Waals surface area contributed by atoms with E-state index in [2.05, 4.69) is 15.5 Å². The normalized spacial score (nSPS) is 10.2. The molecule has 0 saturated carbocycles. The molecule has 0 unspecified atom stereocenters. The molecule has 3 rings (SSSR count). The maximum atomic E-state index is 9.93. The molecule has 0 radical (unpaired) electrons. The lowest BCUT2D eigenvalue weighted by molar-refractivity contribution is 0.480. The van der Waals surface area contributed by atoms with E-state index in [1.165, 1.54) is 0 Å². The van der Waals surface area contributed by atoms with Crippen LogP contribution in [0.2, 0.25) is 0 Å². The Hall–Kier alpha value is -4.16. The highest BCUT2D eigenvalue weighted by molar-refractivity contribution is 6.10. The molecule has 0 fully saturated rings. The van der Waals surface area contributed by atoms with Crippen LogP contribution in [0.5, 0.6) is 5.75 Å². The monoisotopic (exact) mass is 339 g/mol. The molecule has 0 aliphatic carbocycles. The third-order valence-electron chi connectivity index (χ3n) is 3.61. The average molecular weight is 339 g/mol. The van der Waals surface area contributed by atoms with Gasteiger partial charge in [0.2, 0.25) is 5.71 Å². The second-order valence-electron chi connectivity index (χ2n) is 5.30. The van der Waals surface area contributed by atoms with Gasteiger partial charge in [0.1, 0.15) is 23.4 Å². The molecule has 0 aliphatic rings. The Labute approximate surface area is 150 Å². The molecular formula is C20H13N5O. The number of nitrogens with one attached hydrogen (secondary N) is 1. The smallest absolute Gasteiger partial charge is 0.237 e. The standard InChI is InChI=1S/C20H13N5O/c21-12-17(13-22)24-25-18-6-2-1-4-14(18)8-10-16-11-9-15-5-3-7-19(26)20(15)23-16/h1-11,25-26H. The molecule has 6 nitrogen and oxygen atoms in total. The molecule has 0 aliphatic heterocycles. The van der Waals surface area contributed by atoms with Crippen molar-refractivity contribution >= 4 is 34.5 Å². The molecule has 26 heavy (non-hydrogen) atoms. The first-order chi connectivity index (χ1) is 12.7. The number of aromatic nitrogens is 1. The van der Waals surface area contributed by atoms with E-state index in [-0.39, 0.29) is 11.5 Å². The lowest BCUT2D eigenvalue weighted by Crippen LogP contribution is -1.97. The summed E-state index contributed by atoms with van der Waals surface area (Å²) in [5.41, 5.74) is 5.15. The van der Waals surface area contributed by atoms with Crippen LogP contribution in [-0.2, 0) is 0 Å². The molecule has 0 amide bonds. The van der Waals surface area contributed by atoms with Gasteiger partial charge < -0.3 is 5.11 Å². The van der Waals surface area contributed by atoms with E-state index in [0.717, 1.165) is 10.9 Å². The van der Waals surface area contributed by atoms with Crippen LogP contribution in [0.25, 0.3) is 23.1 Å². The number of pyridine rings is 1. The van der Waals surface area contributed by atoms with Gasteiger partial charge in [-0.05, 0) is 29.8 Å². The summed E-state index contributed by atoms with van der Waals surface area (Å²) in [5, 5.41) is 32.0. The zero-order chi connectivity index (χ0) is 18.4. The molecule has 3 aromatic rings. The summed E-state index contributed by atoms with van der Waals surface area (Å²) in [6.07, 6.45) is 3.65. The van der Waals surface area contributed by atoms with Crippen molar-refractivity contribution in [1.82, 2.24) is 4.98 Å². The van der Waals surface area contributed by atoms with Gasteiger partial charge in [0.25, 0.3) is 0 Å². The predicted molar refractivity (Wildman–Crippen MR) is 101 cm³/mol. The zero-order valence-electron chi connectivity index (χ0n) is 13.6. The number of benzene rings is 2. The van der Waals surface area contributed by atoms with Gasteiger partial charge in [-0.3, -0.25) is 5.43 Å². The molecule has 0 spiro atoms. The average Bonchev–Trinajstić information content (AvgIpc) is 2.68. The van der Waals surface area contributed by atoms with Gasteiger partial charge in [0.15, 0.2) is 0 Å². The molecule has 124 valence electrons. The molecule has 0 atom stereocenters. The zero-order valence-corrected chi connectivity index (χ0v) is 13.6. The van der Waals surface area contributed by atoms with E-state index in [0.29, 0.717) is 16.9 Å². The van der Waals surface area contributed by atoms with Crippen LogP contribution in [0, 0.1) is 22.7 Å². The first-order valence-electron chi connectivity index (χ1n) is 7.71. The Morgan fingerprint density at radius 1 is 1.00 bits per heavy atom. The molecule has 2 aromatic carbocycles. The number of fused-ring (bicyclic) bond motifs is 1. The van der Waals surface area contributed by atoms with Crippen molar-refractivity contribution in [1.29, 1.82) is 10.5 Å². The van der Waals surface area contributed by atoms with Gasteiger partial charge in [-0.1, -0.05) is 42.5 Å². The van der Waals surface area contributed by atoms with Gasteiger partial charge in [-0.15, -0.1) is 0 Å². The van der Waals surface area contributed by atoms with Gasteiger partial charge in [0, 0.05) is 5.39 Å². The minimum Gasteiger partial charge on any atom is -0.506 e. The van der Waals surface area contributed by atoms with Crippen LogP contribution in [0.4, 0.5) is 5.69 Å². The van der Waals surface area contributed by atoms with Crippen molar-refractivity contribution in [2.75, 3.05) is 5.43 Å². The quantitative estimate of drug-likeness (QED) is 0.553. The van der Waals surface area contributed by atoms with Crippen LogP contribution in [0.1, 0.15) is 11.3 Å². The number of anilines is 1. The molecule has 1 aromatic heterocycles. The summed E-state index contributed by atoms with van der Waals surface area (Å²) < 4.78 is 0. The predicted octanol–water partition coefficient (Wildman–Crippen LogP) is 3.93. The summed E-state index contributed by atoms with van der Waals surface area (Å²) in [6.45, 7) is 0. The Morgan fingerprint density at radius 3 is 2.62 bits per heavy atom. The summed E-state index contributed by atoms with van der Waals surface area (Å²) >= 11 is 0. The maximum Gasteiger partial charge on any atom is 0.237 e. The van der Waals surface area contributed by atoms with Crippen molar-refractivity contribution in [2.45, 2.75) is 0 Å². The second-order valence-corrected chi connectivity index (χ2v) is 5.30. The number of hydrogen-bond acceptors (Lipinski definition) is 6. The number of phenols is 1. The van der Waals surface area contributed by atoms with Gasteiger partial charge >= 0.3 is 0 Å². The minimum absolute atomic E-state index is 0.134. The van der Waals surface area contributed by atoms with Crippen LogP contribution in [0.15, 0.2) is 59.7 Å². The third kappa shape index (κ3) is 3.66. The molecular weight excluding hydrogens is 326 g/mol. The number of aromatic hydroxyl groups is 1. The molecule has 0 saturated heterocycles. The molecule has 0 bridgehead atoms. The van der Waals surface area contributed by atoms with Crippen LogP contribution in [0.3, 0.4) is 0 Å². The van der Waals surface area contributed by atoms with Gasteiger partial charge in [-0.25, -0.2) is 4.98 Å². The first-order valence-corrected chi connectivity index (χ1v) is 7.71. The van der Waals surface area contributed by atoms with Crippen LogP contribution >= 0.6 is 0 Å². The van der Waals surface area contributed by atoms with E-state index in [1.54, 1.807) is 30.3 Å². The minimum atomic E-state index is -0.254. The van der Waals surface area contributed by atoms with Crippen molar-refractivity contribution < 1.29 is 5.11 Å². The summed E-state index contributed by atoms with van der Waals surface area (Å²) in [7, 11) is 0. The van der Waals surface area contributed by atoms with E-state index < -0.39 is 0 Å². The van der Waals surface area contributed by atoms with Crippen molar-refractivity contribution in [3.8, 4) is 17.9 Å². The highest BCUT2D eigenvalue weighted by Gasteiger charge is 2.02. The highest BCUT2D eigenvalue weighted by Crippen LogP contribution is 2.23. The maximum absolute atomic E-state index is 9.93. The molecule has 2 N–H and O–H groups in total. The fourth-order valence-corrected chi connectivity index (χ4v) is 2.35. The SMILES string of the molecule is N#CC(C#N)=NNc1ccccc1C=Cc1ccc2cccc(O)c2n1. The number of nitrogens with zero attached hydrogens (tertiary/aromatic N) is 4. The lowest BCUT2D eigenvalue weighted by Gasteiger charge is -2.05. The summed E-state index contributed by atoms with van der Waals surface area (Å²) in [5.74, 6) is 0.134. The highest BCUT2D eigenvalue weighted by atomic mass is 16.3. The van der Waals surface area contributed by atoms with Crippen molar-refractivity contribution in [2.24, 2.45) is 5.10 Å². The van der Waals surface area contributed by atoms with Gasteiger partial charge in [0.05, 0.1) is 11.4 Å². The van der Waals surface area contributed by atoms with E-state index in [4.69, 9.17) is 10.5 Å². The number of rotatable bonds is 4. The van der Waals surface area contributed by atoms with Crippen LogP contribution < -0.4 is 5.43 Å². The van der Waals surface area contributed by atoms with Crippen molar-refractivity contribution in [3.05, 3.63) is 65.9 Å². The summed E-state index contributed by atoms with van der Waals surface area (Å²) in [4.78, 5) is 4.45. The Kier molecular flexibility index (Phi) is 4.88. The van der Waals surface area contributed by atoms with E-state index in [1.807, 2.05) is 48.6 Å². The fourth-order valence-electron chi connectivity index (χ4n) is 2.35. The Balaban J connectivity index is 1.90. The van der Waals surface area contributed by atoms with E-state index >= 15 is 0 Å².